The van der Waals surface area contributed by atoms with Crippen molar-refractivity contribution < 1.29 is 4.79 Å². The molecule has 114 valence electrons. The topological polar surface area (TPSA) is 46.3 Å². The molecule has 1 aromatic heterocycles. The lowest BCUT2D eigenvalue weighted by Crippen LogP contribution is -2.42. The number of nitrogens with zero attached hydrogens (tertiary/aromatic N) is 1. The second-order valence-electron chi connectivity index (χ2n) is 6.42. The number of hydrogen-bond acceptors (Lipinski definition) is 3. The maximum Gasteiger partial charge on any atom is 0.266 e. The molecule has 5 heteroatoms. The van der Waals surface area contributed by atoms with Gasteiger partial charge >= 0.3 is 0 Å². The zero-order valence-electron chi connectivity index (χ0n) is 13.0. The molecular formula is C16H21BrN2OS. The summed E-state index contributed by atoms with van der Waals surface area (Å²) in [6.45, 7) is 8.46. The van der Waals surface area contributed by atoms with Gasteiger partial charge in [-0.15, -0.1) is 11.3 Å². The van der Waals surface area contributed by atoms with E-state index in [9.17, 15) is 4.79 Å². The molecule has 2 rings (SSSR count). The van der Waals surface area contributed by atoms with Crippen LogP contribution in [0, 0.1) is 5.41 Å². The van der Waals surface area contributed by atoms with Gasteiger partial charge in [0.05, 0.1) is 5.69 Å². The Kier molecular flexibility index (Phi) is 4.36. The molecule has 0 bridgehead atoms. The molecule has 1 amide bonds. The van der Waals surface area contributed by atoms with E-state index in [-0.39, 0.29) is 17.4 Å². The Bertz CT molecular complexity index is 687. The van der Waals surface area contributed by atoms with E-state index in [0.29, 0.717) is 10.6 Å². The number of amides is 1. The maximum absolute atomic E-state index is 12.8. The normalized spacial score (nSPS) is 13.4. The van der Waals surface area contributed by atoms with Crippen molar-refractivity contribution in [3.05, 3.63) is 27.5 Å². The summed E-state index contributed by atoms with van der Waals surface area (Å²) in [4.78, 5) is 15.2. The summed E-state index contributed by atoms with van der Waals surface area (Å²) in [6, 6.07) is 6.02. The van der Waals surface area contributed by atoms with Crippen LogP contribution in [-0.4, -0.2) is 23.9 Å². The van der Waals surface area contributed by atoms with Crippen LogP contribution >= 0.6 is 27.3 Å². The average molecular weight is 369 g/mol. The van der Waals surface area contributed by atoms with Crippen LogP contribution in [-0.2, 0) is 0 Å². The van der Waals surface area contributed by atoms with E-state index in [4.69, 9.17) is 5.73 Å². The number of thiophene rings is 1. The van der Waals surface area contributed by atoms with Crippen molar-refractivity contribution in [3.63, 3.8) is 0 Å². The highest BCUT2D eigenvalue weighted by molar-refractivity contribution is 9.10. The number of anilines is 1. The van der Waals surface area contributed by atoms with Crippen molar-refractivity contribution in [2.45, 2.75) is 33.7 Å². The summed E-state index contributed by atoms with van der Waals surface area (Å²) < 4.78 is 1.96. The zero-order chi connectivity index (χ0) is 15.9. The molecule has 0 aliphatic rings. The number of hydrogen-bond donors (Lipinski definition) is 1. The van der Waals surface area contributed by atoms with Gasteiger partial charge in [-0.25, -0.2) is 0 Å². The lowest BCUT2D eigenvalue weighted by atomic mass is 9.87. The van der Waals surface area contributed by atoms with Gasteiger partial charge in [0.1, 0.15) is 4.88 Å². The summed E-state index contributed by atoms with van der Waals surface area (Å²) in [5.74, 6) is -0.0111. The van der Waals surface area contributed by atoms with Crippen LogP contribution in [0.2, 0.25) is 0 Å². The minimum absolute atomic E-state index is 0.0111. The first kappa shape index (κ1) is 16.3. The molecule has 2 N–H and O–H groups in total. The molecular weight excluding hydrogens is 348 g/mol. The molecule has 0 aliphatic heterocycles. The number of nitrogens with two attached hydrogens (primary N) is 1. The number of rotatable bonds is 2. The van der Waals surface area contributed by atoms with Crippen LogP contribution in [0.4, 0.5) is 5.69 Å². The zero-order valence-corrected chi connectivity index (χ0v) is 15.4. The van der Waals surface area contributed by atoms with E-state index < -0.39 is 0 Å². The third-order valence-electron chi connectivity index (χ3n) is 4.05. The van der Waals surface area contributed by atoms with Crippen molar-refractivity contribution in [1.82, 2.24) is 4.90 Å². The van der Waals surface area contributed by atoms with E-state index in [1.807, 2.05) is 25.2 Å². The Hall–Kier alpha value is -1.07. The minimum Gasteiger partial charge on any atom is -0.397 e. The fraction of sp³-hybridized carbons (Fsp3) is 0.438. The predicted octanol–water partition coefficient (Wildman–Crippen LogP) is 4.75. The van der Waals surface area contributed by atoms with Gasteiger partial charge in [-0.05, 0) is 24.5 Å². The Morgan fingerprint density at radius 1 is 1.38 bits per heavy atom. The molecule has 0 saturated carbocycles. The largest absolute Gasteiger partial charge is 0.397 e. The third kappa shape index (κ3) is 2.94. The summed E-state index contributed by atoms with van der Waals surface area (Å²) in [6.07, 6.45) is 0. The van der Waals surface area contributed by atoms with Crippen LogP contribution in [0.1, 0.15) is 37.4 Å². The Balaban J connectivity index is 2.45. The summed E-state index contributed by atoms with van der Waals surface area (Å²) >= 11 is 4.97. The first-order chi connectivity index (χ1) is 9.64. The second-order valence-corrected chi connectivity index (χ2v) is 8.32. The molecule has 1 heterocycles. The highest BCUT2D eigenvalue weighted by Gasteiger charge is 2.29. The van der Waals surface area contributed by atoms with Gasteiger partial charge in [0.15, 0.2) is 0 Å². The average Bonchev–Trinajstić information content (AvgIpc) is 2.74. The maximum atomic E-state index is 12.8. The Morgan fingerprint density at radius 2 is 2.00 bits per heavy atom. The second kappa shape index (κ2) is 5.61. The van der Waals surface area contributed by atoms with Crippen LogP contribution < -0.4 is 5.73 Å². The molecule has 2 aromatic rings. The molecule has 1 atom stereocenters. The fourth-order valence-electron chi connectivity index (χ4n) is 2.21. The van der Waals surface area contributed by atoms with E-state index in [0.717, 1.165) is 14.6 Å². The molecule has 0 spiro atoms. The number of nitrogen functional groups attached to an aromatic ring is 1. The van der Waals surface area contributed by atoms with Gasteiger partial charge < -0.3 is 10.6 Å². The lowest BCUT2D eigenvalue weighted by molar-refractivity contribution is 0.0635. The van der Waals surface area contributed by atoms with E-state index in [2.05, 4.69) is 43.6 Å². The Labute approximate surface area is 138 Å². The summed E-state index contributed by atoms with van der Waals surface area (Å²) in [5.41, 5.74) is 6.81. The smallest absolute Gasteiger partial charge is 0.266 e. The molecule has 21 heavy (non-hydrogen) atoms. The van der Waals surface area contributed by atoms with Gasteiger partial charge in [-0.2, -0.15) is 0 Å². The van der Waals surface area contributed by atoms with Crippen molar-refractivity contribution in [2.75, 3.05) is 12.8 Å². The van der Waals surface area contributed by atoms with E-state index >= 15 is 0 Å². The quantitative estimate of drug-likeness (QED) is 0.830. The SMILES string of the molecule is CC(N(C)C(=O)c1sc2cccc(Br)c2c1N)C(C)(C)C. The van der Waals surface area contributed by atoms with Crippen LogP contribution in [0.15, 0.2) is 22.7 Å². The monoisotopic (exact) mass is 368 g/mol. The van der Waals surface area contributed by atoms with Crippen LogP contribution in [0.3, 0.4) is 0 Å². The predicted molar refractivity (Wildman–Crippen MR) is 94.9 cm³/mol. The van der Waals surface area contributed by atoms with E-state index in [1.165, 1.54) is 11.3 Å². The Morgan fingerprint density at radius 3 is 2.52 bits per heavy atom. The van der Waals surface area contributed by atoms with Crippen molar-refractivity contribution in [3.8, 4) is 0 Å². The van der Waals surface area contributed by atoms with Gasteiger partial charge in [0.25, 0.3) is 5.91 Å². The standard InChI is InChI=1S/C16H21BrN2OS/c1-9(16(2,3)4)19(5)15(20)14-13(18)12-10(17)7-6-8-11(12)21-14/h6-9H,18H2,1-5H3. The van der Waals surface area contributed by atoms with Crippen molar-refractivity contribution >= 4 is 48.9 Å². The molecule has 0 radical (unpaired) electrons. The van der Waals surface area contributed by atoms with Gasteiger partial charge in [0.2, 0.25) is 0 Å². The number of halogens is 1. The first-order valence-electron chi connectivity index (χ1n) is 6.88. The lowest BCUT2D eigenvalue weighted by Gasteiger charge is -2.35. The van der Waals surface area contributed by atoms with Crippen LogP contribution in [0.5, 0.6) is 0 Å². The minimum atomic E-state index is -0.0111. The molecule has 0 fully saturated rings. The third-order valence-corrected chi connectivity index (χ3v) is 5.87. The molecule has 1 unspecified atom stereocenters. The van der Waals surface area contributed by atoms with Gasteiger partial charge in [-0.3, -0.25) is 4.79 Å². The van der Waals surface area contributed by atoms with Gasteiger partial charge in [-0.1, -0.05) is 42.8 Å². The van der Waals surface area contributed by atoms with E-state index in [1.54, 1.807) is 4.90 Å². The first-order valence-corrected chi connectivity index (χ1v) is 8.49. The van der Waals surface area contributed by atoms with Crippen molar-refractivity contribution in [2.24, 2.45) is 5.41 Å². The number of carbonyl (C=O) groups excluding carboxylic acids is 1. The van der Waals surface area contributed by atoms with Crippen molar-refractivity contribution in [1.29, 1.82) is 0 Å². The number of carbonyl (C=O) groups is 1. The number of benzene rings is 1. The number of fused-ring (bicyclic) bond motifs is 1. The summed E-state index contributed by atoms with van der Waals surface area (Å²) in [5, 5.41) is 0.933. The highest BCUT2D eigenvalue weighted by Crippen LogP contribution is 2.39. The van der Waals surface area contributed by atoms with Crippen LogP contribution in [0.25, 0.3) is 10.1 Å². The molecule has 3 nitrogen and oxygen atoms in total. The van der Waals surface area contributed by atoms with Gasteiger partial charge in [0, 0.05) is 27.6 Å². The summed E-state index contributed by atoms with van der Waals surface area (Å²) in [7, 11) is 1.84. The fourth-order valence-corrected chi connectivity index (χ4v) is 4.05. The highest BCUT2D eigenvalue weighted by atomic mass is 79.9. The molecule has 0 aliphatic carbocycles. The molecule has 1 aromatic carbocycles. The molecule has 0 saturated heterocycles.